The highest BCUT2D eigenvalue weighted by Gasteiger charge is 2.22. The van der Waals surface area contributed by atoms with Gasteiger partial charge in [0.1, 0.15) is 17.2 Å². The van der Waals surface area contributed by atoms with Crippen molar-refractivity contribution >= 4 is 17.3 Å². The molecule has 0 saturated carbocycles. The number of benzene rings is 2. The Morgan fingerprint density at radius 3 is 2.28 bits per heavy atom. The zero-order valence-electron chi connectivity index (χ0n) is 17.4. The number of rotatable bonds is 8. The second-order valence-electron chi connectivity index (χ2n) is 7.06. The fourth-order valence-corrected chi connectivity index (χ4v) is 3.60. The molecule has 156 valence electrons. The van der Waals surface area contributed by atoms with Gasteiger partial charge in [0.15, 0.2) is 0 Å². The highest BCUT2D eigenvalue weighted by Crippen LogP contribution is 2.27. The summed E-state index contributed by atoms with van der Waals surface area (Å²) in [6, 6.07) is 13.5. The molecule has 2 aromatic rings. The van der Waals surface area contributed by atoms with Crippen LogP contribution >= 0.6 is 0 Å². The molecule has 1 amide bonds. The van der Waals surface area contributed by atoms with Crippen LogP contribution in [0.25, 0.3) is 0 Å². The number of anilines is 2. The van der Waals surface area contributed by atoms with Crippen molar-refractivity contribution in [2.45, 2.75) is 6.42 Å². The Morgan fingerprint density at radius 2 is 1.66 bits per heavy atom. The van der Waals surface area contributed by atoms with Gasteiger partial charge >= 0.3 is 0 Å². The van der Waals surface area contributed by atoms with Gasteiger partial charge in [-0.1, -0.05) is 12.1 Å². The Kier molecular flexibility index (Phi) is 7.19. The van der Waals surface area contributed by atoms with E-state index in [0.717, 1.165) is 44.2 Å². The summed E-state index contributed by atoms with van der Waals surface area (Å²) in [5.41, 5.74) is 1.82. The van der Waals surface area contributed by atoms with Crippen LogP contribution in [0.3, 0.4) is 0 Å². The molecule has 0 aliphatic carbocycles. The Labute approximate surface area is 172 Å². The number of ether oxygens (including phenoxy) is 3. The first kappa shape index (κ1) is 20.8. The van der Waals surface area contributed by atoms with Gasteiger partial charge in [0.25, 0.3) is 0 Å². The molecule has 2 N–H and O–H groups in total. The molecule has 2 aromatic carbocycles. The number of quaternary nitrogens is 1. The standard InChI is InChI=1S/C22H29N3O4/c1-27-18-14-17(15-19(16-18)28-2)23-22(26)8-9-24-10-12-25(13-11-24)20-6-4-5-7-21(20)29-3/h4-7,14-16H,8-13H2,1-3H3,(H,23,26)/p+1. The average Bonchev–Trinajstić information content (AvgIpc) is 2.77. The minimum absolute atomic E-state index is 0.0000330. The molecule has 0 spiro atoms. The molecule has 0 radical (unpaired) electrons. The lowest BCUT2D eigenvalue weighted by Crippen LogP contribution is -3.15. The van der Waals surface area contributed by atoms with Crippen molar-refractivity contribution in [3.63, 3.8) is 0 Å². The van der Waals surface area contributed by atoms with Crippen molar-refractivity contribution in [3.05, 3.63) is 42.5 Å². The third kappa shape index (κ3) is 5.54. The maximum atomic E-state index is 12.4. The molecule has 0 bridgehead atoms. The van der Waals surface area contributed by atoms with E-state index in [4.69, 9.17) is 14.2 Å². The number of carbonyl (C=O) groups excluding carboxylic acids is 1. The highest BCUT2D eigenvalue weighted by atomic mass is 16.5. The summed E-state index contributed by atoms with van der Waals surface area (Å²) in [6.07, 6.45) is 0.476. The Hall–Kier alpha value is -2.93. The molecular formula is C22H30N3O4+. The van der Waals surface area contributed by atoms with E-state index in [0.29, 0.717) is 23.6 Å². The van der Waals surface area contributed by atoms with E-state index in [1.807, 2.05) is 18.2 Å². The van der Waals surface area contributed by atoms with Gasteiger partial charge in [0.2, 0.25) is 5.91 Å². The fourth-order valence-electron chi connectivity index (χ4n) is 3.60. The molecule has 1 aliphatic rings. The summed E-state index contributed by atoms with van der Waals surface area (Å²) in [7, 11) is 4.89. The van der Waals surface area contributed by atoms with Gasteiger partial charge < -0.3 is 29.3 Å². The predicted octanol–water partition coefficient (Wildman–Crippen LogP) is 1.45. The van der Waals surface area contributed by atoms with Crippen LogP contribution in [0.2, 0.25) is 0 Å². The Bertz CT molecular complexity index is 797. The third-order valence-corrected chi connectivity index (χ3v) is 5.24. The largest absolute Gasteiger partial charge is 0.497 e. The van der Waals surface area contributed by atoms with Crippen molar-refractivity contribution in [1.29, 1.82) is 0 Å². The predicted molar refractivity (Wildman–Crippen MR) is 114 cm³/mol. The number of amides is 1. The third-order valence-electron chi connectivity index (χ3n) is 5.24. The molecule has 1 aliphatic heterocycles. The maximum absolute atomic E-state index is 12.4. The second-order valence-corrected chi connectivity index (χ2v) is 7.06. The minimum Gasteiger partial charge on any atom is -0.497 e. The van der Waals surface area contributed by atoms with Crippen molar-refractivity contribution in [1.82, 2.24) is 0 Å². The zero-order valence-corrected chi connectivity index (χ0v) is 17.4. The van der Waals surface area contributed by atoms with Crippen molar-refractivity contribution in [2.75, 3.05) is 64.3 Å². The van der Waals surface area contributed by atoms with Gasteiger partial charge in [-0.15, -0.1) is 0 Å². The lowest BCUT2D eigenvalue weighted by Gasteiger charge is -2.34. The highest BCUT2D eigenvalue weighted by molar-refractivity contribution is 5.91. The van der Waals surface area contributed by atoms with Gasteiger partial charge in [-0.25, -0.2) is 0 Å². The molecule has 0 aromatic heterocycles. The molecule has 3 rings (SSSR count). The molecule has 7 heteroatoms. The number of carbonyl (C=O) groups is 1. The Balaban J connectivity index is 1.47. The van der Waals surface area contributed by atoms with Crippen LogP contribution in [0, 0.1) is 0 Å². The van der Waals surface area contributed by atoms with E-state index in [1.165, 1.54) is 4.90 Å². The van der Waals surface area contributed by atoms with E-state index in [1.54, 1.807) is 39.5 Å². The summed E-state index contributed by atoms with van der Waals surface area (Å²) in [5.74, 6) is 2.21. The van der Waals surface area contributed by atoms with E-state index in [9.17, 15) is 4.79 Å². The number of hydrogen-bond acceptors (Lipinski definition) is 5. The smallest absolute Gasteiger partial charge is 0.230 e. The van der Waals surface area contributed by atoms with Crippen molar-refractivity contribution in [2.24, 2.45) is 0 Å². The van der Waals surface area contributed by atoms with Crippen LogP contribution in [0.5, 0.6) is 17.2 Å². The van der Waals surface area contributed by atoms with E-state index in [-0.39, 0.29) is 5.91 Å². The second kappa shape index (κ2) is 10.0. The van der Waals surface area contributed by atoms with Gasteiger partial charge in [0.05, 0.1) is 66.2 Å². The quantitative estimate of drug-likeness (QED) is 0.702. The fraction of sp³-hybridized carbons (Fsp3) is 0.409. The monoisotopic (exact) mass is 400 g/mol. The number of nitrogens with zero attached hydrogens (tertiary/aromatic N) is 1. The number of nitrogens with one attached hydrogen (secondary N) is 2. The lowest BCUT2D eigenvalue weighted by atomic mass is 10.2. The van der Waals surface area contributed by atoms with Crippen LogP contribution in [0.4, 0.5) is 11.4 Å². The summed E-state index contributed by atoms with van der Waals surface area (Å²) < 4.78 is 16.0. The van der Waals surface area contributed by atoms with Gasteiger partial charge in [-0.2, -0.15) is 0 Å². The minimum atomic E-state index is -0.0000330. The van der Waals surface area contributed by atoms with E-state index >= 15 is 0 Å². The average molecular weight is 400 g/mol. The number of para-hydroxylation sites is 2. The van der Waals surface area contributed by atoms with Crippen LogP contribution in [0.15, 0.2) is 42.5 Å². The van der Waals surface area contributed by atoms with Crippen LogP contribution in [-0.2, 0) is 4.79 Å². The topological polar surface area (TPSA) is 64.5 Å². The van der Waals surface area contributed by atoms with Crippen LogP contribution < -0.4 is 29.3 Å². The lowest BCUT2D eigenvalue weighted by molar-refractivity contribution is -0.900. The first-order valence-electron chi connectivity index (χ1n) is 9.87. The van der Waals surface area contributed by atoms with Crippen LogP contribution in [0.1, 0.15) is 6.42 Å². The zero-order chi connectivity index (χ0) is 20.6. The first-order chi connectivity index (χ1) is 14.1. The van der Waals surface area contributed by atoms with Crippen LogP contribution in [-0.4, -0.2) is 60.0 Å². The summed E-state index contributed by atoms with van der Waals surface area (Å²) >= 11 is 0. The van der Waals surface area contributed by atoms with Crippen molar-refractivity contribution in [3.8, 4) is 17.2 Å². The van der Waals surface area contributed by atoms with Gasteiger partial charge in [0, 0.05) is 23.9 Å². The molecule has 1 fully saturated rings. The normalized spacial score (nSPS) is 14.4. The number of piperazine rings is 1. The first-order valence-corrected chi connectivity index (χ1v) is 9.87. The molecule has 1 heterocycles. The summed E-state index contributed by atoms with van der Waals surface area (Å²) in [4.78, 5) is 16.2. The molecule has 7 nitrogen and oxygen atoms in total. The van der Waals surface area contributed by atoms with Crippen molar-refractivity contribution < 1.29 is 23.9 Å². The molecule has 0 unspecified atom stereocenters. The maximum Gasteiger partial charge on any atom is 0.230 e. The van der Waals surface area contributed by atoms with Gasteiger partial charge in [-0.05, 0) is 12.1 Å². The molecule has 29 heavy (non-hydrogen) atoms. The Morgan fingerprint density at radius 1 is 1.00 bits per heavy atom. The van der Waals surface area contributed by atoms with E-state index in [2.05, 4.69) is 16.3 Å². The van der Waals surface area contributed by atoms with E-state index < -0.39 is 0 Å². The molecular weight excluding hydrogens is 370 g/mol. The summed E-state index contributed by atoms with van der Waals surface area (Å²) in [6.45, 7) is 4.71. The SMILES string of the molecule is COc1cc(NC(=O)CC[NH+]2CCN(c3ccccc3OC)CC2)cc(OC)c1. The van der Waals surface area contributed by atoms with Gasteiger partial charge in [-0.3, -0.25) is 4.79 Å². The molecule has 0 atom stereocenters. The molecule has 1 saturated heterocycles. The number of hydrogen-bond donors (Lipinski definition) is 2. The summed E-state index contributed by atoms with van der Waals surface area (Å²) in [5, 5.41) is 2.94. The number of methoxy groups -OCH3 is 3.